The lowest BCUT2D eigenvalue weighted by atomic mass is 9.75. The summed E-state index contributed by atoms with van der Waals surface area (Å²) in [5.74, 6) is -0.218. The SMILES string of the molecule is CC(C)[C@@H]1CC[C@@H](C)C[C@H]1OC(=O)C1=CC(=O)C=CC1=O. The number of ether oxygens (including phenoxy) is 1. The van der Waals surface area contributed by atoms with Gasteiger partial charge in [0.25, 0.3) is 0 Å². The van der Waals surface area contributed by atoms with Gasteiger partial charge in [0.05, 0.1) is 0 Å². The first-order valence-electron chi connectivity index (χ1n) is 7.57. The summed E-state index contributed by atoms with van der Waals surface area (Å²) in [7, 11) is 0. The molecule has 0 N–H and O–H groups in total. The van der Waals surface area contributed by atoms with Crippen molar-refractivity contribution < 1.29 is 19.1 Å². The number of esters is 1. The molecule has 0 aromatic rings. The summed E-state index contributed by atoms with van der Waals surface area (Å²) in [6.45, 7) is 6.40. The van der Waals surface area contributed by atoms with Gasteiger partial charge in [-0.05, 0) is 42.7 Å². The summed E-state index contributed by atoms with van der Waals surface area (Å²) in [5, 5.41) is 0. The van der Waals surface area contributed by atoms with Crippen LogP contribution in [-0.2, 0) is 19.1 Å². The molecule has 0 unspecified atom stereocenters. The largest absolute Gasteiger partial charge is 0.458 e. The molecule has 3 atom stereocenters. The van der Waals surface area contributed by atoms with Gasteiger partial charge in [0, 0.05) is 6.08 Å². The lowest BCUT2D eigenvalue weighted by Gasteiger charge is -2.36. The summed E-state index contributed by atoms with van der Waals surface area (Å²) < 4.78 is 5.58. The van der Waals surface area contributed by atoms with Crippen molar-refractivity contribution in [2.24, 2.45) is 17.8 Å². The number of hydrogen-bond donors (Lipinski definition) is 0. The smallest absolute Gasteiger partial charge is 0.342 e. The molecule has 2 rings (SSSR count). The van der Waals surface area contributed by atoms with Gasteiger partial charge in [0.15, 0.2) is 11.6 Å². The minimum atomic E-state index is -0.664. The maximum atomic E-state index is 12.2. The van der Waals surface area contributed by atoms with E-state index in [1.807, 2.05) is 0 Å². The summed E-state index contributed by atoms with van der Waals surface area (Å²) in [4.78, 5) is 35.2. The van der Waals surface area contributed by atoms with Gasteiger partial charge in [0.1, 0.15) is 11.7 Å². The van der Waals surface area contributed by atoms with Crippen LogP contribution in [0.3, 0.4) is 0 Å². The van der Waals surface area contributed by atoms with Crippen LogP contribution in [0.5, 0.6) is 0 Å². The molecule has 2 aliphatic rings. The molecule has 2 aliphatic carbocycles. The molecule has 0 aromatic carbocycles. The summed E-state index contributed by atoms with van der Waals surface area (Å²) >= 11 is 0. The number of allylic oxidation sites excluding steroid dienone is 3. The first-order chi connectivity index (χ1) is 9.88. The van der Waals surface area contributed by atoms with Crippen molar-refractivity contribution in [2.75, 3.05) is 0 Å². The zero-order valence-corrected chi connectivity index (χ0v) is 12.8. The maximum Gasteiger partial charge on any atom is 0.342 e. The zero-order chi connectivity index (χ0) is 15.6. The van der Waals surface area contributed by atoms with E-state index in [1.165, 1.54) is 6.08 Å². The van der Waals surface area contributed by atoms with Crippen LogP contribution < -0.4 is 0 Å². The summed E-state index contributed by atoms with van der Waals surface area (Å²) in [6, 6.07) is 0. The Morgan fingerprint density at radius 2 is 1.95 bits per heavy atom. The van der Waals surface area contributed by atoms with E-state index < -0.39 is 11.8 Å². The Balaban J connectivity index is 2.10. The van der Waals surface area contributed by atoms with Gasteiger partial charge in [-0.2, -0.15) is 0 Å². The molecule has 0 saturated heterocycles. The predicted octanol–water partition coefficient (Wildman–Crippen LogP) is 2.62. The average molecular weight is 290 g/mol. The van der Waals surface area contributed by atoms with Crippen LogP contribution in [0.25, 0.3) is 0 Å². The van der Waals surface area contributed by atoms with Gasteiger partial charge in [-0.15, -0.1) is 0 Å². The first-order valence-corrected chi connectivity index (χ1v) is 7.57. The van der Waals surface area contributed by atoms with Crippen molar-refractivity contribution in [2.45, 2.75) is 46.1 Å². The van der Waals surface area contributed by atoms with E-state index in [1.54, 1.807) is 0 Å². The van der Waals surface area contributed by atoms with Crippen LogP contribution in [0.4, 0.5) is 0 Å². The Morgan fingerprint density at radius 3 is 2.62 bits per heavy atom. The highest BCUT2D eigenvalue weighted by Crippen LogP contribution is 2.35. The quantitative estimate of drug-likeness (QED) is 0.455. The van der Waals surface area contributed by atoms with Crippen molar-refractivity contribution in [1.29, 1.82) is 0 Å². The lowest BCUT2D eigenvalue weighted by molar-refractivity contribution is -0.151. The van der Waals surface area contributed by atoms with Gasteiger partial charge >= 0.3 is 5.97 Å². The van der Waals surface area contributed by atoms with E-state index in [2.05, 4.69) is 20.8 Å². The van der Waals surface area contributed by atoms with E-state index in [-0.39, 0.29) is 17.5 Å². The number of ketones is 2. The van der Waals surface area contributed by atoms with Crippen molar-refractivity contribution in [3.05, 3.63) is 23.8 Å². The molecule has 0 aliphatic heterocycles. The standard InChI is InChI=1S/C17H22O4/c1-10(2)13-6-4-11(3)8-16(13)21-17(20)14-9-12(18)5-7-15(14)19/h5,7,9-11,13,16H,4,6,8H2,1-3H3/t11-,13+,16-/m1/s1. The molecular formula is C17H22O4. The number of rotatable bonds is 3. The van der Waals surface area contributed by atoms with Gasteiger partial charge in [0.2, 0.25) is 0 Å². The molecule has 114 valence electrons. The van der Waals surface area contributed by atoms with Gasteiger partial charge in [-0.3, -0.25) is 9.59 Å². The van der Waals surface area contributed by atoms with Crippen LogP contribution in [0.1, 0.15) is 40.0 Å². The van der Waals surface area contributed by atoms with Crippen LogP contribution in [0, 0.1) is 17.8 Å². The fraction of sp³-hybridized carbons (Fsp3) is 0.588. The Morgan fingerprint density at radius 1 is 1.24 bits per heavy atom. The Bertz CT molecular complexity index is 513. The monoisotopic (exact) mass is 290 g/mol. The average Bonchev–Trinajstić information content (AvgIpc) is 2.41. The summed E-state index contributed by atoms with van der Waals surface area (Å²) in [5.41, 5.74) is -0.150. The third-order valence-corrected chi connectivity index (χ3v) is 4.39. The molecule has 1 fully saturated rings. The topological polar surface area (TPSA) is 60.4 Å². The molecule has 4 heteroatoms. The molecular weight excluding hydrogens is 268 g/mol. The van der Waals surface area contributed by atoms with E-state index in [0.29, 0.717) is 17.8 Å². The van der Waals surface area contributed by atoms with Crippen molar-refractivity contribution >= 4 is 17.5 Å². The number of carbonyl (C=O) groups is 3. The van der Waals surface area contributed by atoms with E-state index in [4.69, 9.17) is 4.74 Å². The van der Waals surface area contributed by atoms with Crippen molar-refractivity contribution in [3.8, 4) is 0 Å². The second-order valence-electron chi connectivity index (χ2n) is 6.43. The molecule has 0 aromatic heterocycles. The first kappa shape index (κ1) is 15.7. The Labute approximate surface area is 125 Å². The molecule has 0 heterocycles. The zero-order valence-electron chi connectivity index (χ0n) is 12.8. The molecule has 4 nitrogen and oxygen atoms in total. The van der Waals surface area contributed by atoms with E-state index in [9.17, 15) is 14.4 Å². The van der Waals surface area contributed by atoms with Gasteiger partial charge < -0.3 is 4.74 Å². The Kier molecular flexibility index (Phi) is 4.76. The number of hydrogen-bond acceptors (Lipinski definition) is 4. The summed E-state index contributed by atoms with van der Waals surface area (Å²) in [6.07, 6.45) is 6.18. The molecule has 0 spiro atoms. The van der Waals surface area contributed by atoms with Crippen molar-refractivity contribution in [1.82, 2.24) is 0 Å². The minimum Gasteiger partial charge on any atom is -0.458 e. The minimum absolute atomic E-state index is 0.150. The van der Waals surface area contributed by atoms with Crippen LogP contribution >= 0.6 is 0 Å². The van der Waals surface area contributed by atoms with Crippen LogP contribution in [0.2, 0.25) is 0 Å². The molecule has 0 bridgehead atoms. The molecule has 0 amide bonds. The number of carbonyl (C=O) groups excluding carboxylic acids is 3. The maximum absolute atomic E-state index is 12.2. The van der Waals surface area contributed by atoms with E-state index >= 15 is 0 Å². The molecule has 21 heavy (non-hydrogen) atoms. The highest BCUT2D eigenvalue weighted by molar-refractivity contribution is 6.28. The fourth-order valence-electron chi connectivity index (χ4n) is 3.12. The fourth-order valence-corrected chi connectivity index (χ4v) is 3.12. The van der Waals surface area contributed by atoms with Crippen molar-refractivity contribution in [3.63, 3.8) is 0 Å². The Hall–Kier alpha value is -1.71. The van der Waals surface area contributed by atoms with Gasteiger partial charge in [-0.25, -0.2) is 4.79 Å². The third-order valence-electron chi connectivity index (χ3n) is 4.39. The second-order valence-corrected chi connectivity index (χ2v) is 6.43. The third kappa shape index (κ3) is 3.69. The van der Waals surface area contributed by atoms with Gasteiger partial charge in [-0.1, -0.05) is 27.2 Å². The van der Waals surface area contributed by atoms with Crippen LogP contribution in [-0.4, -0.2) is 23.6 Å². The lowest BCUT2D eigenvalue weighted by Crippen LogP contribution is -2.36. The second kappa shape index (κ2) is 6.37. The van der Waals surface area contributed by atoms with E-state index in [0.717, 1.165) is 31.4 Å². The van der Waals surface area contributed by atoms with Crippen LogP contribution in [0.15, 0.2) is 23.8 Å². The molecule has 0 radical (unpaired) electrons. The highest BCUT2D eigenvalue weighted by Gasteiger charge is 2.35. The predicted molar refractivity (Wildman–Crippen MR) is 78.5 cm³/mol. The normalized spacial score (nSPS) is 29.5. The highest BCUT2D eigenvalue weighted by atomic mass is 16.5. The molecule has 1 saturated carbocycles.